The summed E-state index contributed by atoms with van der Waals surface area (Å²) in [5.74, 6) is 0.875. The van der Waals surface area contributed by atoms with Crippen LogP contribution < -0.4 is 10.5 Å². The van der Waals surface area contributed by atoms with Gasteiger partial charge in [-0.2, -0.15) is 0 Å². The molecule has 0 unspecified atom stereocenters. The highest BCUT2D eigenvalue weighted by molar-refractivity contribution is 8.26. The Kier molecular flexibility index (Phi) is 6.27. The lowest BCUT2D eigenvalue weighted by molar-refractivity contribution is -0.122. The summed E-state index contributed by atoms with van der Waals surface area (Å²) in [6.07, 6.45) is 4.86. The molecule has 0 bridgehead atoms. The highest BCUT2D eigenvalue weighted by atomic mass is 32.2. The van der Waals surface area contributed by atoms with E-state index in [0.717, 1.165) is 11.1 Å². The van der Waals surface area contributed by atoms with Crippen molar-refractivity contribution in [2.45, 2.75) is 20.0 Å². The molecule has 0 radical (unpaired) electrons. The fraction of sp³-hybridized carbons (Fsp3) is 0.154. The molecule has 3 aromatic heterocycles. The number of furan rings is 1. The minimum absolute atomic E-state index is 0.240. The molecule has 35 heavy (non-hydrogen) atoms. The van der Waals surface area contributed by atoms with Gasteiger partial charge in [0.15, 0.2) is 0 Å². The molecule has 7 nitrogen and oxygen atoms in total. The molecule has 0 saturated carbocycles. The zero-order valence-electron chi connectivity index (χ0n) is 19.2. The van der Waals surface area contributed by atoms with Gasteiger partial charge in [-0.1, -0.05) is 60.4 Å². The molecule has 1 aliphatic heterocycles. The number of hydrogen-bond acceptors (Lipinski definition) is 7. The van der Waals surface area contributed by atoms with Gasteiger partial charge in [-0.3, -0.25) is 18.9 Å². The van der Waals surface area contributed by atoms with E-state index in [0.29, 0.717) is 38.6 Å². The fourth-order valence-corrected chi connectivity index (χ4v) is 5.21. The third-order valence-electron chi connectivity index (χ3n) is 5.73. The van der Waals surface area contributed by atoms with Gasteiger partial charge in [0.25, 0.3) is 11.5 Å². The molecule has 0 spiro atoms. The van der Waals surface area contributed by atoms with Crippen LogP contribution in [0, 0.1) is 6.92 Å². The van der Waals surface area contributed by atoms with Gasteiger partial charge in [-0.05, 0) is 42.3 Å². The predicted octanol–water partition coefficient (Wildman–Crippen LogP) is 4.63. The molecule has 1 fully saturated rings. The molecular weight excluding hydrogens is 480 g/mol. The van der Waals surface area contributed by atoms with Crippen LogP contribution in [0.25, 0.3) is 11.7 Å². The van der Waals surface area contributed by atoms with Gasteiger partial charge in [0.05, 0.1) is 23.3 Å². The first-order valence-corrected chi connectivity index (χ1v) is 12.2. The van der Waals surface area contributed by atoms with E-state index in [9.17, 15) is 9.59 Å². The molecule has 1 amide bonds. The summed E-state index contributed by atoms with van der Waals surface area (Å²) in [4.78, 5) is 35.5. The van der Waals surface area contributed by atoms with Crippen molar-refractivity contribution in [1.82, 2.24) is 14.3 Å². The number of thioether (sulfide) groups is 1. The van der Waals surface area contributed by atoms with Crippen LogP contribution in [-0.4, -0.2) is 31.6 Å². The number of fused-ring (bicyclic) bond motifs is 1. The average Bonchev–Trinajstić information content (AvgIpc) is 3.46. The summed E-state index contributed by atoms with van der Waals surface area (Å²) in [6.45, 7) is 2.71. The van der Waals surface area contributed by atoms with Gasteiger partial charge in [-0.15, -0.1) is 0 Å². The lowest BCUT2D eigenvalue weighted by atomic mass is 10.2. The van der Waals surface area contributed by atoms with E-state index in [1.807, 2.05) is 61.3 Å². The normalized spacial score (nSPS) is 14.9. The first-order chi connectivity index (χ1) is 16.9. The summed E-state index contributed by atoms with van der Waals surface area (Å²) < 4.78 is 7.32. The molecular formula is C26H22N4O3S2. The number of nitrogens with zero attached hydrogens (tertiary/aromatic N) is 4. The third kappa shape index (κ3) is 4.52. The Morgan fingerprint density at radius 2 is 1.91 bits per heavy atom. The lowest BCUT2D eigenvalue weighted by Gasteiger charge is -2.21. The van der Waals surface area contributed by atoms with E-state index in [-0.39, 0.29) is 18.0 Å². The summed E-state index contributed by atoms with van der Waals surface area (Å²) in [5.41, 5.74) is 2.64. The quantitative estimate of drug-likeness (QED) is 0.281. The molecule has 1 saturated heterocycles. The fourth-order valence-electron chi connectivity index (χ4n) is 3.98. The molecule has 0 aliphatic carbocycles. The highest BCUT2D eigenvalue weighted by Gasteiger charge is 2.33. The minimum atomic E-state index is -0.262. The van der Waals surface area contributed by atoms with Gasteiger partial charge < -0.3 is 9.32 Å². The number of thiocarbonyl (C=S) groups is 1. The maximum atomic E-state index is 13.6. The molecule has 0 atom stereocenters. The van der Waals surface area contributed by atoms with E-state index < -0.39 is 0 Å². The second-order valence-electron chi connectivity index (χ2n) is 8.23. The first-order valence-electron chi connectivity index (χ1n) is 11.0. The zero-order chi connectivity index (χ0) is 24.5. The Bertz CT molecular complexity index is 1510. The van der Waals surface area contributed by atoms with Crippen LogP contribution >= 0.6 is 24.0 Å². The maximum absolute atomic E-state index is 13.6. The Hall–Kier alpha value is -3.69. The van der Waals surface area contributed by atoms with Crippen molar-refractivity contribution in [2.75, 3.05) is 11.9 Å². The van der Waals surface area contributed by atoms with Crippen molar-refractivity contribution in [3.8, 4) is 0 Å². The van der Waals surface area contributed by atoms with Crippen LogP contribution in [0.15, 0.2) is 81.2 Å². The van der Waals surface area contributed by atoms with Crippen LogP contribution in [0.5, 0.6) is 0 Å². The molecule has 1 aromatic carbocycles. The number of anilines is 1. The van der Waals surface area contributed by atoms with Gasteiger partial charge in [0.2, 0.25) is 0 Å². The third-order valence-corrected chi connectivity index (χ3v) is 7.11. The van der Waals surface area contributed by atoms with Crippen molar-refractivity contribution in [2.24, 2.45) is 0 Å². The number of rotatable bonds is 6. The largest absolute Gasteiger partial charge is 0.467 e. The molecule has 4 aromatic rings. The number of amides is 1. The van der Waals surface area contributed by atoms with E-state index >= 15 is 0 Å². The van der Waals surface area contributed by atoms with Crippen LogP contribution in [0.2, 0.25) is 0 Å². The van der Waals surface area contributed by atoms with Crippen molar-refractivity contribution in [1.29, 1.82) is 0 Å². The standard InChI is InChI=1S/C26H22N4O3S2/c1-17-8-6-12-29-22(17)27-23(28(2)15-18-9-4-3-5-10-18)20(24(29)31)14-21-25(32)30(26(34)35-21)16-19-11-7-13-33-19/h3-14H,15-16H2,1-2H3. The molecule has 0 N–H and O–H groups in total. The highest BCUT2D eigenvalue weighted by Crippen LogP contribution is 2.34. The zero-order valence-corrected chi connectivity index (χ0v) is 20.8. The van der Waals surface area contributed by atoms with E-state index in [1.54, 1.807) is 30.7 Å². The number of carbonyl (C=O) groups excluding carboxylic acids is 1. The lowest BCUT2D eigenvalue weighted by Crippen LogP contribution is -2.28. The predicted molar refractivity (Wildman–Crippen MR) is 142 cm³/mol. The summed E-state index contributed by atoms with van der Waals surface area (Å²) >= 11 is 6.63. The Labute approximate surface area is 211 Å². The first kappa shape index (κ1) is 23.1. The number of aromatic nitrogens is 2. The van der Waals surface area contributed by atoms with E-state index in [1.165, 1.54) is 21.1 Å². The monoisotopic (exact) mass is 502 g/mol. The number of pyridine rings is 1. The Balaban J connectivity index is 1.59. The van der Waals surface area contributed by atoms with Crippen LogP contribution in [0.1, 0.15) is 22.5 Å². The molecule has 1 aliphatic rings. The van der Waals surface area contributed by atoms with E-state index in [2.05, 4.69) is 0 Å². The van der Waals surface area contributed by atoms with E-state index in [4.69, 9.17) is 21.6 Å². The van der Waals surface area contributed by atoms with Crippen molar-refractivity contribution in [3.05, 3.63) is 105 Å². The molecule has 4 heterocycles. The van der Waals surface area contributed by atoms with Crippen molar-refractivity contribution in [3.63, 3.8) is 0 Å². The van der Waals surface area contributed by atoms with Crippen LogP contribution in [0.3, 0.4) is 0 Å². The number of hydrogen-bond donors (Lipinski definition) is 0. The van der Waals surface area contributed by atoms with Gasteiger partial charge >= 0.3 is 0 Å². The second-order valence-corrected chi connectivity index (χ2v) is 9.90. The molecule has 5 rings (SSSR count). The number of carbonyl (C=O) groups is 1. The second kappa shape index (κ2) is 9.52. The van der Waals surface area contributed by atoms with Crippen LogP contribution in [0.4, 0.5) is 5.82 Å². The molecule has 9 heteroatoms. The molecule has 176 valence electrons. The smallest absolute Gasteiger partial charge is 0.267 e. The average molecular weight is 503 g/mol. The van der Waals surface area contributed by atoms with Crippen LogP contribution in [-0.2, 0) is 17.9 Å². The summed E-state index contributed by atoms with van der Waals surface area (Å²) in [6, 6.07) is 17.2. The minimum Gasteiger partial charge on any atom is -0.467 e. The van der Waals surface area contributed by atoms with Gasteiger partial charge in [0, 0.05) is 19.8 Å². The summed E-state index contributed by atoms with van der Waals surface area (Å²) in [7, 11) is 1.89. The van der Waals surface area contributed by atoms with Gasteiger partial charge in [-0.25, -0.2) is 4.98 Å². The number of benzene rings is 1. The topological polar surface area (TPSA) is 71.1 Å². The Morgan fingerprint density at radius 1 is 1.11 bits per heavy atom. The van der Waals surface area contributed by atoms with Crippen molar-refractivity contribution >= 4 is 51.7 Å². The number of aryl methyl sites for hydroxylation is 1. The summed E-state index contributed by atoms with van der Waals surface area (Å²) in [5, 5.41) is 0. The SMILES string of the molecule is Cc1cccn2c(=O)c(C=C3SC(=S)N(Cc4ccco4)C3=O)c(N(C)Cc3ccccc3)nc12. The Morgan fingerprint density at radius 3 is 2.66 bits per heavy atom. The van der Waals surface area contributed by atoms with Crippen molar-refractivity contribution < 1.29 is 9.21 Å². The maximum Gasteiger partial charge on any atom is 0.267 e. The van der Waals surface area contributed by atoms with Gasteiger partial charge in [0.1, 0.15) is 21.5 Å².